The summed E-state index contributed by atoms with van der Waals surface area (Å²) in [5.41, 5.74) is 4.05. The van der Waals surface area contributed by atoms with Crippen molar-refractivity contribution in [2.45, 2.75) is 32.1 Å². The molecule has 1 aromatic heterocycles. The largest absolute Gasteiger partial charge is 0.441 e. The molecule has 4 rings (SSSR count). The van der Waals surface area contributed by atoms with E-state index < -0.39 is 16.5 Å². The molecule has 0 spiro atoms. The van der Waals surface area contributed by atoms with E-state index in [1.54, 1.807) is 50.2 Å². The maximum Gasteiger partial charge on any atom is 0.315 e. The lowest BCUT2D eigenvalue weighted by molar-refractivity contribution is -0.219. The number of carbonyl (C=O) groups is 1. The highest BCUT2D eigenvalue weighted by Gasteiger charge is 2.27. The van der Waals surface area contributed by atoms with Gasteiger partial charge in [-0.2, -0.15) is 17.6 Å². The van der Waals surface area contributed by atoms with Gasteiger partial charge < -0.3 is 14.2 Å². The van der Waals surface area contributed by atoms with E-state index in [-0.39, 0.29) is 10.6 Å². The van der Waals surface area contributed by atoms with Crippen molar-refractivity contribution in [3.05, 3.63) is 77.0 Å². The summed E-state index contributed by atoms with van der Waals surface area (Å²) in [6.45, 7) is 4.55. The molecule has 0 bridgehead atoms. The molecule has 0 amide bonds. The van der Waals surface area contributed by atoms with Gasteiger partial charge in [-0.25, -0.2) is 0 Å². The lowest BCUT2D eigenvalue weighted by Crippen LogP contribution is -2.20. The van der Waals surface area contributed by atoms with Crippen LogP contribution in [-0.2, 0) is 19.5 Å². The van der Waals surface area contributed by atoms with Crippen LogP contribution in [0.1, 0.15) is 27.2 Å². The minimum absolute atomic E-state index is 0.0534. The van der Waals surface area contributed by atoms with Gasteiger partial charge in [0.1, 0.15) is 11.4 Å². The van der Waals surface area contributed by atoms with Crippen molar-refractivity contribution < 1.29 is 27.4 Å². The number of hydrogen-bond donors (Lipinski definition) is 0. The lowest BCUT2D eigenvalue weighted by atomic mass is 10.0. The van der Waals surface area contributed by atoms with E-state index in [1.807, 2.05) is 25.1 Å². The first-order valence-electron chi connectivity index (χ1n) is 10.8. The second-order valence-electron chi connectivity index (χ2n) is 8.22. The average molecular weight is 495 g/mol. The number of carbonyl (C=O) groups excluding carboxylic acids is 1. The molecule has 0 saturated carbocycles. The number of benzene rings is 3. The third kappa shape index (κ3) is 4.58. The molecule has 1 heterocycles. The second-order valence-corrected chi connectivity index (χ2v) is 9.92. The lowest BCUT2D eigenvalue weighted by Gasteiger charge is -2.16. The Morgan fingerprint density at radius 3 is 2.20 bits per heavy atom. The quantitative estimate of drug-likeness (QED) is 0.260. The fraction of sp³-hybridized carbons (Fsp3) is 0.231. The van der Waals surface area contributed by atoms with Crippen molar-refractivity contribution in [2.24, 2.45) is 0 Å². The summed E-state index contributed by atoms with van der Waals surface area (Å²) in [5.74, 6) is 0.511. The van der Waals surface area contributed by atoms with Gasteiger partial charge in [0.2, 0.25) is 0 Å². The maximum absolute atomic E-state index is 13.8. The summed E-state index contributed by atoms with van der Waals surface area (Å²) in [6.07, 6.45) is 0.562. The van der Waals surface area contributed by atoms with Crippen molar-refractivity contribution in [1.82, 2.24) is 9.19 Å². The molecule has 9 heteroatoms. The smallest absolute Gasteiger partial charge is 0.315 e. The van der Waals surface area contributed by atoms with Gasteiger partial charge in [-0.1, -0.05) is 35.9 Å². The van der Waals surface area contributed by atoms with E-state index in [0.29, 0.717) is 34.1 Å². The molecule has 0 aliphatic carbocycles. The van der Waals surface area contributed by atoms with Gasteiger partial charge in [-0.15, -0.1) is 0 Å². The molecule has 0 N–H and O–H groups in total. The van der Waals surface area contributed by atoms with Gasteiger partial charge in [-0.3, -0.25) is 4.79 Å². The zero-order valence-corrected chi connectivity index (χ0v) is 20.9. The van der Waals surface area contributed by atoms with E-state index in [2.05, 4.69) is 5.10 Å². The predicted molar refractivity (Wildman–Crippen MR) is 132 cm³/mol. The van der Waals surface area contributed by atoms with Crippen LogP contribution in [-0.4, -0.2) is 44.6 Å². The molecule has 0 aliphatic heterocycles. The number of aldehydes is 1. The zero-order valence-electron chi connectivity index (χ0n) is 20.1. The Morgan fingerprint density at radius 1 is 0.914 bits per heavy atom. The van der Waals surface area contributed by atoms with Crippen LogP contribution in [0.4, 0.5) is 0 Å². The number of rotatable bonds is 8. The molecule has 0 radical (unpaired) electrons. The highest BCUT2D eigenvalue weighted by Crippen LogP contribution is 2.32. The Morgan fingerprint density at radius 2 is 1.57 bits per heavy atom. The van der Waals surface area contributed by atoms with Crippen LogP contribution < -0.4 is 4.74 Å². The third-order valence-corrected chi connectivity index (χ3v) is 7.56. The number of aromatic nitrogens is 2. The summed E-state index contributed by atoms with van der Waals surface area (Å²) in [7, 11) is -1.14. The number of methoxy groups -OCH3 is 2. The Labute approximate surface area is 204 Å². The van der Waals surface area contributed by atoms with E-state index in [4.69, 9.17) is 14.2 Å². The van der Waals surface area contributed by atoms with Gasteiger partial charge in [0, 0.05) is 19.6 Å². The molecule has 0 aliphatic rings. The number of aryl methyl sites for hydroxylation is 3. The molecule has 0 fully saturated rings. The number of hydrogen-bond acceptors (Lipinski definition) is 7. The fourth-order valence-corrected chi connectivity index (χ4v) is 5.98. The summed E-state index contributed by atoms with van der Waals surface area (Å²) in [4.78, 5) is 11.9. The van der Waals surface area contributed by atoms with Crippen LogP contribution in [0.15, 0.2) is 59.5 Å². The van der Waals surface area contributed by atoms with Crippen LogP contribution in [0.5, 0.6) is 5.75 Å². The minimum Gasteiger partial charge on any atom is -0.441 e. The third-order valence-electron chi connectivity index (χ3n) is 5.66. The van der Waals surface area contributed by atoms with Gasteiger partial charge in [-0.05, 0) is 67.3 Å². The second kappa shape index (κ2) is 9.61. The fourth-order valence-electron chi connectivity index (χ4n) is 4.27. The van der Waals surface area contributed by atoms with E-state index in [1.165, 1.54) is 14.2 Å². The highest BCUT2D eigenvalue weighted by atomic mass is 32.2. The molecular weight excluding hydrogens is 468 g/mol. The van der Waals surface area contributed by atoms with Gasteiger partial charge in [0.25, 0.3) is 10.0 Å². The topological polar surface area (TPSA) is 96.7 Å². The molecule has 182 valence electrons. The summed E-state index contributed by atoms with van der Waals surface area (Å²) in [6, 6.07) is 16.1. The molecule has 0 unspecified atom stereocenters. The van der Waals surface area contributed by atoms with Gasteiger partial charge in [0.05, 0.1) is 10.4 Å². The van der Waals surface area contributed by atoms with Crippen molar-refractivity contribution in [3.63, 3.8) is 0 Å². The predicted octanol–water partition coefficient (Wildman–Crippen LogP) is 4.63. The number of fused-ring (bicyclic) bond motifs is 1. The van der Waals surface area contributed by atoms with Crippen LogP contribution in [0, 0.1) is 20.8 Å². The first-order valence-corrected chi connectivity index (χ1v) is 12.3. The van der Waals surface area contributed by atoms with Crippen molar-refractivity contribution in [2.75, 3.05) is 14.2 Å². The molecule has 0 atom stereocenters. The molecular formula is C26H26N2O6S. The van der Waals surface area contributed by atoms with E-state index in [9.17, 15) is 13.2 Å². The first-order chi connectivity index (χ1) is 16.7. The Hall–Kier alpha value is -3.53. The number of ether oxygens (including phenoxy) is 3. The Kier molecular flexibility index (Phi) is 6.75. The van der Waals surface area contributed by atoms with Crippen molar-refractivity contribution in [1.29, 1.82) is 0 Å². The monoisotopic (exact) mass is 494 g/mol. The molecule has 35 heavy (non-hydrogen) atoms. The highest BCUT2D eigenvalue weighted by molar-refractivity contribution is 7.90. The standard InChI is InChI=1S/C26H26N2O6S/c1-16-11-17(2)25(18(3)12-16)35(30,31)28-24-14-20(9-10-22(24)23(15-29)27-28)19-7-6-8-21(13-19)34-26(32-4)33-5/h6-15,26H,1-5H3. The molecule has 4 aromatic rings. The maximum atomic E-state index is 13.8. The Bertz CT molecular complexity index is 1500. The van der Waals surface area contributed by atoms with Crippen LogP contribution in [0.25, 0.3) is 22.0 Å². The first kappa shape index (κ1) is 24.6. The molecule has 8 nitrogen and oxygen atoms in total. The van der Waals surface area contributed by atoms with Gasteiger partial charge in [0.15, 0.2) is 6.29 Å². The van der Waals surface area contributed by atoms with Crippen LogP contribution in [0.3, 0.4) is 0 Å². The zero-order chi connectivity index (χ0) is 25.3. The van der Waals surface area contributed by atoms with E-state index in [0.717, 1.165) is 20.8 Å². The Balaban J connectivity index is 1.88. The van der Waals surface area contributed by atoms with Crippen molar-refractivity contribution >= 4 is 27.2 Å². The van der Waals surface area contributed by atoms with Gasteiger partial charge >= 0.3 is 6.48 Å². The normalized spacial score (nSPS) is 11.8. The minimum atomic E-state index is -4.07. The summed E-state index contributed by atoms with van der Waals surface area (Å²) in [5, 5.41) is 4.62. The average Bonchev–Trinajstić information content (AvgIpc) is 3.21. The number of nitrogens with zero attached hydrogens (tertiary/aromatic N) is 2. The SMILES string of the molecule is COC(OC)Oc1cccc(-c2ccc3c(C=O)nn(S(=O)(=O)c4c(C)cc(C)cc4C)c3c2)c1. The van der Waals surface area contributed by atoms with Crippen molar-refractivity contribution in [3.8, 4) is 16.9 Å². The molecule has 3 aromatic carbocycles. The molecule has 0 saturated heterocycles. The van der Waals surface area contributed by atoms with Crippen LogP contribution >= 0.6 is 0 Å². The summed E-state index contributed by atoms with van der Waals surface area (Å²) < 4.78 is 44.3. The van der Waals surface area contributed by atoms with Crippen LogP contribution in [0.2, 0.25) is 0 Å². The summed E-state index contributed by atoms with van der Waals surface area (Å²) >= 11 is 0. The van der Waals surface area contributed by atoms with E-state index >= 15 is 0 Å².